The van der Waals surface area contributed by atoms with Crippen molar-refractivity contribution in [1.82, 2.24) is 5.32 Å². The molecule has 1 atom stereocenters. The van der Waals surface area contributed by atoms with Gasteiger partial charge in [-0.1, -0.05) is 23.7 Å². The van der Waals surface area contributed by atoms with E-state index < -0.39 is 21.8 Å². The first-order chi connectivity index (χ1) is 14.7. The summed E-state index contributed by atoms with van der Waals surface area (Å²) in [5, 5.41) is 4.62. The molecule has 0 saturated heterocycles. The fraction of sp³-hybridized carbons (Fsp3) is 0.182. The molecule has 0 aliphatic carbocycles. The van der Waals surface area contributed by atoms with Crippen LogP contribution in [0.2, 0.25) is 5.02 Å². The second-order valence-electron chi connectivity index (χ2n) is 7.15. The number of fused-ring (bicyclic) bond motifs is 1. The maximum atomic E-state index is 13.0. The lowest BCUT2D eigenvalue weighted by Gasteiger charge is -2.12. The Hall–Kier alpha value is -3.10. The first-order valence-electron chi connectivity index (χ1n) is 9.38. The molecule has 0 unspecified atom stereocenters. The summed E-state index contributed by atoms with van der Waals surface area (Å²) in [6.45, 7) is 1.40. The Labute approximate surface area is 183 Å². The third kappa shape index (κ3) is 4.65. The fourth-order valence-corrected chi connectivity index (χ4v) is 4.75. The summed E-state index contributed by atoms with van der Waals surface area (Å²) in [6.07, 6.45) is 1.43. The molecule has 0 bridgehead atoms. The van der Waals surface area contributed by atoms with Crippen LogP contribution in [-0.2, 0) is 14.6 Å². The van der Waals surface area contributed by atoms with Crippen LogP contribution in [0.25, 0.3) is 22.1 Å². The van der Waals surface area contributed by atoms with Gasteiger partial charge in [0.25, 0.3) is 5.91 Å². The van der Waals surface area contributed by atoms with Gasteiger partial charge in [-0.3, -0.25) is 9.59 Å². The normalized spacial score (nSPS) is 17.0. The lowest BCUT2D eigenvalue weighted by molar-refractivity contribution is -0.123. The number of nitrogens with one attached hydrogen (secondary N) is 1. The van der Waals surface area contributed by atoms with Crippen molar-refractivity contribution >= 4 is 38.3 Å². The smallest absolute Gasteiger partial charge is 0.258 e. The molecule has 0 fully saturated rings. The van der Waals surface area contributed by atoms with Crippen molar-refractivity contribution in [3.63, 3.8) is 0 Å². The summed E-state index contributed by atoms with van der Waals surface area (Å²) in [6, 6.07) is 11.1. The van der Waals surface area contributed by atoms with Gasteiger partial charge in [-0.15, -0.1) is 0 Å². The molecule has 2 heterocycles. The maximum Gasteiger partial charge on any atom is 0.258 e. The number of aryl methyl sites for hydroxylation is 1. The monoisotopic (exact) mass is 459 g/mol. The number of carbonyl (C=O) groups excluding carboxylic acids is 1. The van der Waals surface area contributed by atoms with Crippen molar-refractivity contribution in [2.45, 2.75) is 13.0 Å². The van der Waals surface area contributed by atoms with E-state index in [0.29, 0.717) is 38.6 Å². The number of carbonyl (C=O) groups is 1. The van der Waals surface area contributed by atoms with Crippen LogP contribution in [0.1, 0.15) is 5.76 Å². The zero-order valence-corrected chi connectivity index (χ0v) is 18.0. The van der Waals surface area contributed by atoms with Crippen molar-refractivity contribution in [3.05, 3.63) is 75.0 Å². The lowest BCUT2D eigenvalue weighted by Crippen LogP contribution is -2.38. The molecule has 1 amide bonds. The Balaban J connectivity index is 1.51. The number of hydrogen-bond acceptors (Lipinski definition) is 6. The van der Waals surface area contributed by atoms with Crippen LogP contribution < -0.4 is 15.5 Å². The zero-order chi connectivity index (χ0) is 22.2. The average Bonchev–Trinajstić information content (AvgIpc) is 3.05. The number of sulfone groups is 1. The van der Waals surface area contributed by atoms with Crippen LogP contribution in [0.15, 0.2) is 63.2 Å². The number of benzene rings is 2. The molecular formula is C22H18ClNO6S. The molecule has 0 radical (unpaired) electrons. The van der Waals surface area contributed by atoms with Gasteiger partial charge in [0.1, 0.15) is 17.1 Å². The highest BCUT2D eigenvalue weighted by molar-refractivity contribution is 7.94. The minimum atomic E-state index is -3.25. The minimum Gasteiger partial charge on any atom is -0.484 e. The standard InChI is InChI=1S/C22H18ClNO6S/c1-13-21(14-2-4-15(23)5-3-14)22(26)18-7-6-17(10-19(18)30-13)29-11-20(25)24-16-8-9-31(27,28)12-16/h2-10,16H,11-12H2,1H3,(H,24,25)/t16-/m1/s1. The van der Waals surface area contributed by atoms with Crippen LogP contribution in [0.5, 0.6) is 5.75 Å². The Morgan fingerprint density at radius 1 is 1.23 bits per heavy atom. The van der Waals surface area contributed by atoms with E-state index in [2.05, 4.69) is 5.32 Å². The predicted octanol–water partition coefficient (Wildman–Crippen LogP) is 3.23. The Bertz CT molecular complexity index is 1360. The molecule has 0 saturated carbocycles. The van der Waals surface area contributed by atoms with Crippen LogP contribution in [0, 0.1) is 6.92 Å². The topological polar surface area (TPSA) is 103 Å². The Morgan fingerprint density at radius 3 is 2.65 bits per heavy atom. The molecule has 160 valence electrons. The zero-order valence-electron chi connectivity index (χ0n) is 16.4. The van der Waals surface area contributed by atoms with Crippen molar-refractivity contribution in [2.75, 3.05) is 12.4 Å². The van der Waals surface area contributed by atoms with E-state index in [1.54, 1.807) is 49.4 Å². The quantitative estimate of drug-likeness (QED) is 0.628. The number of rotatable bonds is 5. The van der Waals surface area contributed by atoms with Gasteiger partial charge >= 0.3 is 0 Å². The summed E-state index contributed by atoms with van der Waals surface area (Å²) in [5.74, 6) is 0.181. The van der Waals surface area contributed by atoms with Crippen LogP contribution >= 0.6 is 11.6 Å². The third-order valence-corrected chi connectivity index (χ3v) is 6.47. The third-order valence-electron chi connectivity index (χ3n) is 4.82. The van der Waals surface area contributed by atoms with Gasteiger partial charge < -0.3 is 14.5 Å². The van der Waals surface area contributed by atoms with Crippen LogP contribution in [0.4, 0.5) is 0 Å². The molecule has 4 rings (SSSR count). The average molecular weight is 460 g/mol. The van der Waals surface area contributed by atoms with E-state index >= 15 is 0 Å². The maximum absolute atomic E-state index is 13.0. The van der Waals surface area contributed by atoms with E-state index in [-0.39, 0.29) is 17.8 Å². The summed E-state index contributed by atoms with van der Waals surface area (Å²) in [7, 11) is -3.25. The van der Waals surface area contributed by atoms with Crippen LogP contribution in [0.3, 0.4) is 0 Å². The van der Waals surface area contributed by atoms with Gasteiger partial charge in [0, 0.05) is 16.5 Å². The molecule has 7 nitrogen and oxygen atoms in total. The highest BCUT2D eigenvalue weighted by atomic mass is 35.5. The summed E-state index contributed by atoms with van der Waals surface area (Å²) >= 11 is 5.93. The molecule has 9 heteroatoms. The second-order valence-corrected chi connectivity index (χ2v) is 9.52. The predicted molar refractivity (Wildman–Crippen MR) is 118 cm³/mol. The van der Waals surface area contributed by atoms with Crippen LogP contribution in [-0.4, -0.2) is 32.7 Å². The highest BCUT2D eigenvalue weighted by Crippen LogP contribution is 2.27. The van der Waals surface area contributed by atoms with Crippen molar-refractivity contribution in [3.8, 4) is 16.9 Å². The molecule has 1 aliphatic rings. The molecule has 1 aliphatic heterocycles. The number of ether oxygens (including phenoxy) is 1. The molecule has 31 heavy (non-hydrogen) atoms. The highest BCUT2D eigenvalue weighted by Gasteiger charge is 2.23. The number of amides is 1. The summed E-state index contributed by atoms with van der Waals surface area (Å²) < 4.78 is 34.1. The largest absolute Gasteiger partial charge is 0.484 e. The molecule has 3 aromatic rings. The lowest BCUT2D eigenvalue weighted by atomic mass is 10.0. The van der Waals surface area contributed by atoms with Crippen molar-refractivity contribution in [2.24, 2.45) is 0 Å². The van der Waals surface area contributed by atoms with E-state index in [4.69, 9.17) is 20.8 Å². The molecule has 1 N–H and O–H groups in total. The fourth-order valence-electron chi connectivity index (χ4n) is 3.39. The van der Waals surface area contributed by atoms with Gasteiger partial charge in [-0.25, -0.2) is 8.42 Å². The summed E-state index contributed by atoms with van der Waals surface area (Å²) in [4.78, 5) is 25.0. The molecule has 1 aromatic heterocycles. The Kier molecular flexibility index (Phi) is 5.60. The number of halogens is 1. The van der Waals surface area contributed by atoms with Gasteiger partial charge in [-0.2, -0.15) is 0 Å². The first kappa shape index (κ1) is 21.1. The van der Waals surface area contributed by atoms with Crippen molar-refractivity contribution in [1.29, 1.82) is 0 Å². The first-order valence-corrected chi connectivity index (χ1v) is 11.5. The van der Waals surface area contributed by atoms with Gasteiger partial charge in [-0.05, 0) is 42.8 Å². The molecular weight excluding hydrogens is 442 g/mol. The Morgan fingerprint density at radius 2 is 1.97 bits per heavy atom. The summed E-state index contributed by atoms with van der Waals surface area (Å²) in [5.41, 5.74) is 1.32. The minimum absolute atomic E-state index is 0.158. The molecule has 0 spiro atoms. The van der Waals surface area contributed by atoms with E-state index in [0.717, 1.165) is 5.41 Å². The SMILES string of the molecule is Cc1oc2cc(OCC(=O)N[C@@H]3C=CS(=O)(=O)C3)ccc2c(=O)c1-c1ccc(Cl)cc1. The second kappa shape index (κ2) is 8.20. The van der Waals surface area contributed by atoms with Crippen molar-refractivity contribution < 1.29 is 22.4 Å². The number of hydrogen-bond donors (Lipinski definition) is 1. The van der Waals surface area contributed by atoms with Gasteiger partial charge in [0.2, 0.25) is 5.43 Å². The van der Waals surface area contributed by atoms with E-state index in [1.165, 1.54) is 6.08 Å². The van der Waals surface area contributed by atoms with E-state index in [9.17, 15) is 18.0 Å². The van der Waals surface area contributed by atoms with Gasteiger partial charge in [0.15, 0.2) is 16.4 Å². The van der Waals surface area contributed by atoms with Gasteiger partial charge in [0.05, 0.1) is 22.7 Å². The molecule has 2 aromatic carbocycles. The van der Waals surface area contributed by atoms with E-state index in [1.807, 2.05) is 0 Å².